The first-order valence-electron chi connectivity index (χ1n) is 8.29. The molecule has 27 heavy (non-hydrogen) atoms. The fourth-order valence-corrected chi connectivity index (χ4v) is 2.67. The summed E-state index contributed by atoms with van der Waals surface area (Å²) in [5.74, 6) is 0.706. The van der Waals surface area contributed by atoms with Gasteiger partial charge in [0.15, 0.2) is 0 Å². The number of hydrogen-bond acceptors (Lipinski definition) is 5. The molecular formula is C20H19ClN4O2. The van der Waals surface area contributed by atoms with Gasteiger partial charge in [0.25, 0.3) is 5.91 Å². The number of aromatic nitrogens is 2. The first-order valence-corrected chi connectivity index (χ1v) is 8.67. The number of anilines is 3. The number of ether oxygens (including phenoxy) is 1. The van der Waals surface area contributed by atoms with Crippen molar-refractivity contribution in [2.45, 2.75) is 13.8 Å². The SMILES string of the molecule is COc1cccc(Nc2nc(C)cc(C(=O)Nc3cccc(Cl)c3C)n2)c1. The number of carbonyl (C=O) groups excluding carboxylic acids is 1. The quantitative estimate of drug-likeness (QED) is 0.665. The molecule has 2 N–H and O–H groups in total. The number of carbonyl (C=O) groups is 1. The summed E-state index contributed by atoms with van der Waals surface area (Å²) in [7, 11) is 1.60. The summed E-state index contributed by atoms with van der Waals surface area (Å²) in [6.45, 7) is 3.65. The summed E-state index contributed by atoms with van der Waals surface area (Å²) in [4.78, 5) is 21.3. The van der Waals surface area contributed by atoms with Gasteiger partial charge in [-0.3, -0.25) is 4.79 Å². The first kappa shape index (κ1) is 18.7. The molecule has 0 fully saturated rings. The Balaban J connectivity index is 1.84. The molecule has 0 aliphatic heterocycles. The van der Waals surface area contributed by atoms with E-state index in [2.05, 4.69) is 20.6 Å². The molecule has 0 saturated carbocycles. The van der Waals surface area contributed by atoms with E-state index >= 15 is 0 Å². The van der Waals surface area contributed by atoms with E-state index in [-0.39, 0.29) is 11.6 Å². The van der Waals surface area contributed by atoms with Crippen molar-refractivity contribution in [3.05, 3.63) is 70.5 Å². The highest BCUT2D eigenvalue weighted by Gasteiger charge is 2.13. The summed E-state index contributed by atoms with van der Waals surface area (Å²) in [5.41, 5.74) is 3.13. The third-order valence-electron chi connectivity index (χ3n) is 3.93. The minimum atomic E-state index is -0.334. The lowest BCUT2D eigenvalue weighted by molar-refractivity contribution is 0.102. The second-order valence-electron chi connectivity index (χ2n) is 5.94. The molecule has 0 atom stereocenters. The summed E-state index contributed by atoms with van der Waals surface area (Å²) in [5, 5.41) is 6.53. The molecule has 1 heterocycles. The molecule has 0 unspecified atom stereocenters. The van der Waals surface area contributed by atoms with Crippen LogP contribution in [0.2, 0.25) is 5.02 Å². The number of amides is 1. The highest BCUT2D eigenvalue weighted by Crippen LogP contribution is 2.24. The molecule has 0 saturated heterocycles. The molecule has 0 bridgehead atoms. The van der Waals surface area contributed by atoms with Crippen LogP contribution in [0.3, 0.4) is 0 Å². The average molecular weight is 383 g/mol. The molecular weight excluding hydrogens is 364 g/mol. The minimum absolute atomic E-state index is 0.257. The van der Waals surface area contributed by atoms with E-state index in [0.29, 0.717) is 28.1 Å². The predicted octanol–water partition coefficient (Wildman–Crippen LogP) is 4.75. The summed E-state index contributed by atoms with van der Waals surface area (Å²) in [6.07, 6.45) is 0. The Morgan fingerprint density at radius 2 is 1.85 bits per heavy atom. The molecule has 138 valence electrons. The van der Waals surface area contributed by atoms with Gasteiger partial charge in [0.2, 0.25) is 5.95 Å². The Morgan fingerprint density at radius 3 is 2.63 bits per heavy atom. The summed E-state index contributed by atoms with van der Waals surface area (Å²) in [6, 6.07) is 14.4. The van der Waals surface area contributed by atoms with Gasteiger partial charge in [-0.05, 0) is 49.7 Å². The Kier molecular flexibility index (Phi) is 5.57. The molecule has 1 amide bonds. The lowest BCUT2D eigenvalue weighted by Gasteiger charge is -2.11. The number of aryl methyl sites for hydroxylation is 1. The molecule has 7 heteroatoms. The van der Waals surface area contributed by atoms with Gasteiger partial charge in [-0.25, -0.2) is 9.97 Å². The third kappa shape index (κ3) is 4.54. The minimum Gasteiger partial charge on any atom is -0.497 e. The van der Waals surface area contributed by atoms with Gasteiger partial charge in [-0.2, -0.15) is 0 Å². The molecule has 0 spiro atoms. The largest absolute Gasteiger partial charge is 0.497 e. The molecule has 3 rings (SSSR count). The molecule has 2 aromatic carbocycles. The fraction of sp³-hybridized carbons (Fsp3) is 0.150. The molecule has 0 radical (unpaired) electrons. The van der Waals surface area contributed by atoms with Gasteiger partial charge in [0.1, 0.15) is 11.4 Å². The van der Waals surface area contributed by atoms with Crippen LogP contribution in [0.1, 0.15) is 21.7 Å². The van der Waals surface area contributed by atoms with Gasteiger partial charge in [0.05, 0.1) is 7.11 Å². The van der Waals surface area contributed by atoms with Crippen LogP contribution >= 0.6 is 11.6 Å². The number of nitrogens with zero attached hydrogens (tertiary/aromatic N) is 2. The van der Waals surface area contributed by atoms with E-state index in [1.807, 2.05) is 31.2 Å². The van der Waals surface area contributed by atoms with Crippen molar-refractivity contribution in [1.29, 1.82) is 0 Å². The van der Waals surface area contributed by atoms with Crippen LogP contribution in [0, 0.1) is 13.8 Å². The zero-order chi connectivity index (χ0) is 19.4. The number of benzene rings is 2. The van der Waals surface area contributed by atoms with Crippen molar-refractivity contribution >= 4 is 34.8 Å². The van der Waals surface area contributed by atoms with E-state index < -0.39 is 0 Å². The number of nitrogens with one attached hydrogen (secondary N) is 2. The third-order valence-corrected chi connectivity index (χ3v) is 4.34. The monoisotopic (exact) mass is 382 g/mol. The second kappa shape index (κ2) is 8.05. The van der Waals surface area contributed by atoms with Gasteiger partial charge in [-0.1, -0.05) is 23.7 Å². The zero-order valence-electron chi connectivity index (χ0n) is 15.2. The number of rotatable bonds is 5. The van der Waals surface area contributed by atoms with E-state index in [1.54, 1.807) is 38.3 Å². The van der Waals surface area contributed by atoms with E-state index in [9.17, 15) is 4.79 Å². The van der Waals surface area contributed by atoms with E-state index in [1.165, 1.54) is 0 Å². The second-order valence-corrected chi connectivity index (χ2v) is 6.35. The smallest absolute Gasteiger partial charge is 0.274 e. The maximum Gasteiger partial charge on any atom is 0.274 e. The number of hydrogen-bond donors (Lipinski definition) is 2. The lowest BCUT2D eigenvalue weighted by atomic mass is 10.2. The van der Waals surface area contributed by atoms with Gasteiger partial charge in [0, 0.05) is 28.2 Å². The van der Waals surface area contributed by atoms with Crippen LogP contribution in [0.25, 0.3) is 0 Å². The van der Waals surface area contributed by atoms with Crippen LogP contribution in [0.4, 0.5) is 17.3 Å². The summed E-state index contributed by atoms with van der Waals surface area (Å²) < 4.78 is 5.21. The molecule has 0 aliphatic rings. The van der Waals surface area contributed by atoms with Crippen molar-refractivity contribution in [3.63, 3.8) is 0 Å². The summed E-state index contributed by atoms with van der Waals surface area (Å²) >= 11 is 6.11. The van der Waals surface area contributed by atoms with Crippen molar-refractivity contribution in [1.82, 2.24) is 9.97 Å². The van der Waals surface area contributed by atoms with Crippen LogP contribution in [-0.2, 0) is 0 Å². The van der Waals surface area contributed by atoms with E-state index in [0.717, 1.165) is 11.3 Å². The fourth-order valence-electron chi connectivity index (χ4n) is 2.50. The Morgan fingerprint density at radius 1 is 1.07 bits per heavy atom. The highest BCUT2D eigenvalue weighted by molar-refractivity contribution is 6.31. The first-order chi connectivity index (χ1) is 13.0. The Hall–Kier alpha value is -3.12. The Labute approximate surface area is 162 Å². The van der Waals surface area contributed by atoms with Crippen LogP contribution < -0.4 is 15.4 Å². The predicted molar refractivity (Wildman–Crippen MR) is 107 cm³/mol. The van der Waals surface area contributed by atoms with E-state index in [4.69, 9.17) is 16.3 Å². The van der Waals surface area contributed by atoms with Crippen molar-refractivity contribution in [2.75, 3.05) is 17.7 Å². The highest BCUT2D eigenvalue weighted by atomic mass is 35.5. The Bertz CT molecular complexity index is 991. The average Bonchev–Trinajstić information content (AvgIpc) is 2.65. The zero-order valence-corrected chi connectivity index (χ0v) is 16.0. The van der Waals surface area contributed by atoms with Crippen LogP contribution in [-0.4, -0.2) is 23.0 Å². The van der Waals surface area contributed by atoms with Gasteiger partial charge < -0.3 is 15.4 Å². The van der Waals surface area contributed by atoms with Crippen molar-refractivity contribution in [2.24, 2.45) is 0 Å². The molecule has 3 aromatic rings. The molecule has 1 aromatic heterocycles. The maximum atomic E-state index is 12.6. The number of halogens is 1. The lowest BCUT2D eigenvalue weighted by Crippen LogP contribution is -2.16. The normalized spacial score (nSPS) is 10.4. The van der Waals surface area contributed by atoms with Crippen LogP contribution in [0.15, 0.2) is 48.5 Å². The van der Waals surface area contributed by atoms with Crippen molar-refractivity contribution < 1.29 is 9.53 Å². The topological polar surface area (TPSA) is 76.1 Å². The standard InChI is InChI=1S/C20H19ClN4O2/c1-12-10-18(19(26)24-17-9-5-8-16(21)13(17)2)25-20(22-12)23-14-6-4-7-15(11-14)27-3/h4-11H,1-3H3,(H,24,26)(H,22,23,25). The maximum absolute atomic E-state index is 12.6. The van der Waals surface area contributed by atoms with Crippen LogP contribution in [0.5, 0.6) is 5.75 Å². The van der Waals surface area contributed by atoms with Gasteiger partial charge >= 0.3 is 0 Å². The number of methoxy groups -OCH3 is 1. The molecule has 0 aliphatic carbocycles. The molecule has 6 nitrogen and oxygen atoms in total. The van der Waals surface area contributed by atoms with Gasteiger partial charge in [-0.15, -0.1) is 0 Å². The van der Waals surface area contributed by atoms with Crippen molar-refractivity contribution in [3.8, 4) is 5.75 Å².